The molecule has 3 rings (SSSR count). The van der Waals surface area contributed by atoms with E-state index in [1.807, 2.05) is 12.1 Å². The number of carbonyl (C=O) groups excluding carboxylic acids is 1. The highest BCUT2D eigenvalue weighted by atomic mass is 16.1. The Morgan fingerprint density at radius 2 is 2.20 bits per heavy atom. The molecule has 104 valence electrons. The van der Waals surface area contributed by atoms with E-state index >= 15 is 0 Å². The van der Waals surface area contributed by atoms with Crippen molar-refractivity contribution in [1.29, 1.82) is 0 Å². The smallest absolute Gasteiger partial charge is 0.251 e. The van der Waals surface area contributed by atoms with E-state index in [0.29, 0.717) is 18.8 Å². The molecule has 20 heavy (non-hydrogen) atoms. The van der Waals surface area contributed by atoms with Gasteiger partial charge in [0, 0.05) is 18.3 Å². The zero-order chi connectivity index (χ0) is 13.9. The SMILES string of the molecule is Nc1cnn(CCNC(=O)c2ccc3c(c2)CCC3)c1. The van der Waals surface area contributed by atoms with E-state index in [2.05, 4.69) is 16.5 Å². The van der Waals surface area contributed by atoms with Gasteiger partial charge in [0.1, 0.15) is 0 Å². The van der Waals surface area contributed by atoms with Gasteiger partial charge >= 0.3 is 0 Å². The van der Waals surface area contributed by atoms with E-state index in [0.717, 1.165) is 18.4 Å². The van der Waals surface area contributed by atoms with Crippen LogP contribution in [0.1, 0.15) is 27.9 Å². The van der Waals surface area contributed by atoms with E-state index < -0.39 is 0 Å². The number of hydrogen-bond acceptors (Lipinski definition) is 3. The molecule has 5 heteroatoms. The monoisotopic (exact) mass is 270 g/mol. The molecule has 1 aromatic heterocycles. The third kappa shape index (κ3) is 2.66. The van der Waals surface area contributed by atoms with E-state index in [9.17, 15) is 4.79 Å². The number of anilines is 1. The lowest BCUT2D eigenvalue weighted by atomic mass is 10.1. The number of aromatic nitrogens is 2. The first kappa shape index (κ1) is 12.7. The van der Waals surface area contributed by atoms with E-state index in [1.165, 1.54) is 17.5 Å². The second-order valence-electron chi connectivity index (χ2n) is 5.13. The van der Waals surface area contributed by atoms with Gasteiger partial charge in [0.25, 0.3) is 5.91 Å². The van der Waals surface area contributed by atoms with Crippen molar-refractivity contribution in [2.45, 2.75) is 25.8 Å². The van der Waals surface area contributed by atoms with E-state index in [-0.39, 0.29) is 5.91 Å². The Kier molecular flexibility index (Phi) is 3.41. The van der Waals surface area contributed by atoms with Crippen LogP contribution < -0.4 is 11.1 Å². The van der Waals surface area contributed by atoms with Gasteiger partial charge in [-0.05, 0) is 42.5 Å². The summed E-state index contributed by atoms with van der Waals surface area (Å²) >= 11 is 0. The van der Waals surface area contributed by atoms with Gasteiger partial charge in [-0.2, -0.15) is 5.10 Å². The van der Waals surface area contributed by atoms with Gasteiger partial charge in [0.15, 0.2) is 0 Å². The van der Waals surface area contributed by atoms with Crippen molar-refractivity contribution in [3.8, 4) is 0 Å². The summed E-state index contributed by atoms with van der Waals surface area (Å²) in [7, 11) is 0. The highest BCUT2D eigenvalue weighted by Gasteiger charge is 2.13. The minimum atomic E-state index is -0.0279. The summed E-state index contributed by atoms with van der Waals surface area (Å²) < 4.78 is 1.72. The number of nitrogens with zero attached hydrogens (tertiary/aromatic N) is 2. The molecular weight excluding hydrogens is 252 g/mol. The van der Waals surface area contributed by atoms with Crippen LogP contribution in [0.15, 0.2) is 30.6 Å². The number of carbonyl (C=O) groups is 1. The van der Waals surface area contributed by atoms with Gasteiger partial charge < -0.3 is 11.1 Å². The lowest BCUT2D eigenvalue weighted by Gasteiger charge is -2.07. The maximum absolute atomic E-state index is 12.1. The molecule has 5 nitrogen and oxygen atoms in total. The Labute approximate surface area is 117 Å². The van der Waals surface area contributed by atoms with Crippen molar-refractivity contribution in [2.75, 3.05) is 12.3 Å². The van der Waals surface area contributed by atoms with Crippen LogP contribution in [0.4, 0.5) is 5.69 Å². The molecule has 3 N–H and O–H groups in total. The standard InChI is InChI=1S/C15H18N4O/c16-14-9-18-19(10-14)7-6-17-15(20)13-5-4-11-2-1-3-12(11)8-13/h4-5,8-10H,1-3,6-7,16H2,(H,17,20). The van der Waals surface area contributed by atoms with Crippen LogP contribution in [0, 0.1) is 0 Å². The number of benzene rings is 1. The number of nitrogens with one attached hydrogen (secondary N) is 1. The Morgan fingerprint density at radius 1 is 1.35 bits per heavy atom. The van der Waals surface area contributed by atoms with Crippen molar-refractivity contribution < 1.29 is 4.79 Å². The molecule has 1 amide bonds. The summed E-state index contributed by atoms with van der Waals surface area (Å²) in [6, 6.07) is 6.00. The summed E-state index contributed by atoms with van der Waals surface area (Å²) in [6.45, 7) is 1.16. The second kappa shape index (κ2) is 5.36. The molecular formula is C15H18N4O. The Hall–Kier alpha value is -2.30. The summed E-state index contributed by atoms with van der Waals surface area (Å²) in [5, 5.41) is 6.98. The highest BCUT2D eigenvalue weighted by Crippen LogP contribution is 2.22. The molecule has 0 saturated carbocycles. The first-order chi connectivity index (χ1) is 9.72. The zero-order valence-electron chi connectivity index (χ0n) is 11.3. The van der Waals surface area contributed by atoms with Gasteiger partial charge in [-0.1, -0.05) is 6.07 Å². The number of aryl methyl sites for hydroxylation is 2. The second-order valence-corrected chi connectivity index (χ2v) is 5.13. The molecule has 1 aromatic carbocycles. The van der Waals surface area contributed by atoms with Crippen molar-refractivity contribution in [1.82, 2.24) is 15.1 Å². The van der Waals surface area contributed by atoms with Crippen molar-refractivity contribution in [2.24, 2.45) is 0 Å². The maximum atomic E-state index is 12.1. The third-order valence-electron chi connectivity index (χ3n) is 3.64. The van der Waals surface area contributed by atoms with Gasteiger partial charge in [-0.25, -0.2) is 0 Å². The number of rotatable bonds is 4. The summed E-state index contributed by atoms with van der Waals surface area (Å²) in [5.74, 6) is -0.0279. The molecule has 0 unspecified atom stereocenters. The normalized spacial score (nSPS) is 13.2. The van der Waals surface area contributed by atoms with E-state index in [1.54, 1.807) is 17.1 Å². The third-order valence-corrected chi connectivity index (χ3v) is 3.64. The van der Waals surface area contributed by atoms with Crippen LogP contribution in [0.5, 0.6) is 0 Å². The largest absolute Gasteiger partial charge is 0.396 e. The Bertz CT molecular complexity index is 633. The van der Waals surface area contributed by atoms with Crippen LogP contribution in [0.25, 0.3) is 0 Å². The summed E-state index contributed by atoms with van der Waals surface area (Å²) in [4.78, 5) is 12.1. The maximum Gasteiger partial charge on any atom is 0.251 e. The number of nitrogens with two attached hydrogens (primary N) is 1. The molecule has 1 aliphatic rings. The molecule has 0 saturated heterocycles. The summed E-state index contributed by atoms with van der Waals surface area (Å²) in [5.41, 5.74) is 9.66. The van der Waals surface area contributed by atoms with Crippen molar-refractivity contribution in [3.05, 3.63) is 47.3 Å². The number of fused-ring (bicyclic) bond motifs is 1. The lowest BCUT2D eigenvalue weighted by Crippen LogP contribution is -2.27. The highest BCUT2D eigenvalue weighted by molar-refractivity contribution is 5.94. The minimum Gasteiger partial charge on any atom is -0.396 e. The van der Waals surface area contributed by atoms with Gasteiger partial charge in [-0.15, -0.1) is 0 Å². The molecule has 0 bridgehead atoms. The molecule has 0 spiro atoms. The molecule has 1 aliphatic carbocycles. The first-order valence-electron chi connectivity index (χ1n) is 6.90. The molecule has 0 aliphatic heterocycles. The first-order valence-corrected chi connectivity index (χ1v) is 6.90. The van der Waals surface area contributed by atoms with Crippen LogP contribution in [0.2, 0.25) is 0 Å². The molecule has 0 atom stereocenters. The lowest BCUT2D eigenvalue weighted by molar-refractivity contribution is 0.0952. The number of amides is 1. The predicted octanol–water partition coefficient (Wildman–Crippen LogP) is 1.38. The fourth-order valence-electron chi connectivity index (χ4n) is 2.60. The molecule has 1 heterocycles. The van der Waals surface area contributed by atoms with Gasteiger partial charge in [0.05, 0.1) is 18.4 Å². The van der Waals surface area contributed by atoms with Gasteiger partial charge in [0.2, 0.25) is 0 Å². The quantitative estimate of drug-likeness (QED) is 0.881. The van der Waals surface area contributed by atoms with Crippen LogP contribution >= 0.6 is 0 Å². The van der Waals surface area contributed by atoms with Crippen LogP contribution in [0.3, 0.4) is 0 Å². The van der Waals surface area contributed by atoms with Crippen LogP contribution in [-0.2, 0) is 19.4 Å². The topological polar surface area (TPSA) is 72.9 Å². The molecule has 0 fully saturated rings. The fraction of sp³-hybridized carbons (Fsp3) is 0.333. The molecule has 2 aromatic rings. The van der Waals surface area contributed by atoms with E-state index in [4.69, 9.17) is 5.73 Å². The summed E-state index contributed by atoms with van der Waals surface area (Å²) in [6.07, 6.45) is 6.77. The number of nitrogen functional groups attached to an aromatic ring is 1. The van der Waals surface area contributed by atoms with Crippen LogP contribution in [-0.4, -0.2) is 22.2 Å². The fourth-order valence-corrected chi connectivity index (χ4v) is 2.60. The van der Waals surface area contributed by atoms with Crippen molar-refractivity contribution >= 4 is 11.6 Å². The van der Waals surface area contributed by atoms with Crippen molar-refractivity contribution in [3.63, 3.8) is 0 Å². The molecule has 0 radical (unpaired) electrons. The predicted molar refractivity (Wildman–Crippen MR) is 77.4 cm³/mol. The minimum absolute atomic E-state index is 0.0279. The Balaban J connectivity index is 1.56. The average molecular weight is 270 g/mol. The number of hydrogen-bond donors (Lipinski definition) is 2. The average Bonchev–Trinajstić information content (AvgIpc) is 3.06. The zero-order valence-corrected chi connectivity index (χ0v) is 11.3. The Morgan fingerprint density at radius 3 is 3.00 bits per heavy atom. The van der Waals surface area contributed by atoms with Gasteiger partial charge in [-0.3, -0.25) is 9.48 Å².